The minimum Gasteiger partial charge on any atom is -0.394 e. The maximum absolute atomic E-state index is 15.3. The van der Waals surface area contributed by atoms with Gasteiger partial charge in [0, 0.05) is 18.2 Å². The standard InChI is InChI=1S/C42H40F3N3O3/c1-40(2,37(50)28-49)24-35-27-48(42(31-12-6-3-7-13-31,32-14-8-4-9-15-32)33-16-10-5-11-17-33)38(47-35)25-41(51,39(44)45)30-20-18-29(19-21-30)36-23-22-34(43)26-46-36/h3-23,26-27,37,39,49-51H,24-25,28H2,1-2H3. The van der Waals surface area contributed by atoms with Gasteiger partial charge < -0.3 is 19.9 Å². The van der Waals surface area contributed by atoms with Crippen molar-refractivity contribution >= 4 is 0 Å². The minimum absolute atomic E-state index is 0.0276. The summed E-state index contributed by atoms with van der Waals surface area (Å²) in [7, 11) is 0. The number of alkyl halides is 2. The zero-order valence-electron chi connectivity index (χ0n) is 28.4. The highest BCUT2D eigenvalue weighted by Gasteiger charge is 2.45. The van der Waals surface area contributed by atoms with E-state index in [0.29, 0.717) is 17.0 Å². The predicted octanol–water partition coefficient (Wildman–Crippen LogP) is 7.54. The quantitative estimate of drug-likeness (QED) is 0.109. The lowest BCUT2D eigenvalue weighted by Crippen LogP contribution is -2.42. The smallest absolute Gasteiger partial charge is 0.271 e. The third-order valence-electron chi connectivity index (χ3n) is 9.67. The Morgan fingerprint density at radius 1 is 0.706 bits per heavy atom. The van der Waals surface area contributed by atoms with Crippen LogP contribution in [0, 0.1) is 11.2 Å². The van der Waals surface area contributed by atoms with Gasteiger partial charge in [0.05, 0.1) is 30.3 Å². The average Bonchev–Trinajstić information content (AvgIpc) is 3.53. The van der Waals surface area contributed by atoms with Gasteiger partial charge in [0.15, 0.2) is 5.60 Å². The van der Waals surface area contributed by atoms with E-state index in [1.165, 1.54) is 24.3 Å². The molecule has 51 heavy (non-hydrogen) atoms. The van der Waals surface area contributed by atoms with E-state index in [1.54, 1.807) is 26.0 Å². The summed E-state index contributed by atoms with van der Waals surface area (Å²) in [5.74, 6) is -0.313. The number of hydrogen-bond acceptors (Lipinski definition) is 5. The molecule has 2 atom stereocenters. The second-order valence-corrected chi connectivity index (χ2v) is 13.5. The number of halogens is 3. The fourth-order valence-electron chi connectivity index (χ4n) is 6.78. The molecule has 0 saturated carbocycles. The van der Waals surface area contributed by atoms with Crippen molar-refractivity contribution in [2.45, 2.75) is 50.4 Å². The Kier molecular flexibility index (Phi) is 10.3. The summed E-state index contributed by atoms with van der Waals surface area (Å²) in [6.07, 6.45) is -1.77. The van der Waals surface area contributed by atoms with E-state index in [-0.39, 0.29) is 17.8 Å². The molecule has 0 spiro atoms. The molecule has 2 unspecified atom stereocenters. The average molecular weight is 692 g/mol. The van der Waals surface area contributed by atoms with Crippen molar-refractivity contribution in [2.75, 3.05) is 6.61 Å². The normalized spacial score (nSPS) is 14.0. The first kappa shape index (κ1) is 35.7. The molecule has 2 aromatic heterocycles. The first-order valence-electron chi connectivity index (χ1n) is 16.7. The summed E-state index contributed by atoms with van der Waals surface area (Å²) in [6.45, 7) is 3.15. The lowest BCUT2D eigenvalue weighted by Gasteiger charge is -2.39. The highest BCUT2D eigenvalue weighted by molar-refractivity contribution is 5.59. The topological polar surface area (TPSA) is 91.4 Å². The second-order valence-electron chi connectivity index (χ2n) is 13.5. The van der Waals surface area contributed by atoms with Crippen molar-refractivity contribution in [3.05, 3.63) is 179 Å². The molecule has 6 rings (SSSR count). The minimum atomic E-state index is -3.21. The van der Waals surface area contributed by atoms with Crippen LogP contribution >= 0.6 is 0 Å². The van der Waals surface area contributed by atoms with Crippen molar-refractivity contribution in [1.82, 2.24) is 14.5 Å². The molecule has 0 aliphatic carbocycles. The Morgan fingerprint density at radius 3 is 1.69 bits per heavy atom. The molecule has 0 saturated heterocycles. The van der Waals surface area contributed by atoms with Crippen LogP contribution in [0.1, 0.15) is 47.6 Å². The highest BCUT2D eigenvalue weighted by Crippen LogP contribution is 2.44. The van der Waals surface area contributed by atoms with Gasteiger partial charge in [0.2, 0.25) is 0 Å². The molecule has 6 nitrogen and oxygen atoms in total. The number of imidazole rings is 1. The van der Waals surface area contributed by atoms with Crippen LogP contribution in [0.25, 0.3) is 11.3 Å². The Hall–Kier alpha value is -5.09. The fourth-order valence-corrected chi connectivity index (χ4v) is 6.78. The second kappa shape index (κ2) is 14.6. The van der Waals surface area contributed by atoms with Crippen LogP contribution in [0.5, 0.6) is 0 Å². The van der Waals surface area contributed by atoms with Crippen molar-refractivity contribution in [3.63, 3.8) is 0 Å². The van der Waals surface area contributed by atoms with E-state index in [4.69, 9.17) is 4.98 Å². The number of pyridine rings is 1. The largest absolute Gasteiger partial charge is 0.394 e. The molecule has 0 fully saturated rings. The first-order valence-corrected chi connectivity index (χ1v) is 16.7. The van der Waals surface area contributed by atoms with Gasteiger partial charge in [0.1, 0.15) is 17.2 Å². The van der Waals surface area contributed by atoms with Crippen molar-refractivity contribution in [1.29, 1.82) is 0 Å². The first-order chi connectivity index (χ1) is 24.5. The summed E-state index contributed by atoms with van der Waals surface area (Å²) in [6, 6.07) is 37.9. The van der Waals surface area contributed by atoms with Crippen LogP contribution in [-0.4, -0.2) is 49.0 Å². The molecule has 9 heteroatoms. The van der Waals surface area contributed by atoms with Gasteiger partial charge in [-0.25, -0.2) is 18.2 Å². The van der Waals surface area contributed by atoms with E-state index in [0.717, 1.165) is 22.9 Å². The number of aliphatic hydroxyl groups is 3. The summed E-state index contributed by atoms with van der Waals surface area (Å²) in [5, 5.41) is 32.6. The zero-order valence-corrected chi connectivity index (χ0v) is 28.4. The van der Waals surface area contributed by atoms with Gasteiger partial charge >= 0.3 is 0 Å². The van der Waals surface area contributed by atoms with Gasteiger partial charge in [-0.15, -0.1) is 0 Å². The van der Waals surface area contributed by atoms with Crippen LogP contribution in [0.2, 0.25) is 0 Å². The Morgan fingerprint density at radius 2 is 1.24 bits per heavy atom. The molecular weight excluding hydrogens is 651 g/mol. The van der Waals surface area contributed by atoms with Gasteiger partial charge in [-0.05, 0) is 46.2 Å². The number of aromatic nitrogens is 3. The summed E-state index contributed by atoms with van der Waals surface area (Å²) < 4.78 is 46.1. The van der Waals surface area contributed by atoms with E-state index >= 15 is 8.78 Å². The SMILES string of the molecule is CC(C)(Cc1cn(C(c2ccccc2)(c2ccccc2)c2ccccc2)c(CC(O)(c2ccc(-c3ccc(F)cn3)cc2)C(F)F)n1)C(O)CO. The van der Waals surface area contributed by atoms with Crippen LogP contribution in [-0.2, 0) is 24.0 Å². The molecule has 0 aliphatic heterocycles. The van der Waals surface area contributed by atoms with Crippen LogP contribution in [0.15, 0.2) is 140 Å². The maximum atomic E-state index is 15.3. The fraction of sp³-hybridized carbons (Fsp3) is 0.238. The van der Waals surface area contributed by atoms with Crippen LogP contribution in [0.3, 0.4) is 0 Å². The van der Waals surface area contributed by atoms with Gasteiger partial charge in [-0.2, -0.15) is 0 Å². The molecule has 3 N–H and O–H groups in total. The summed E-state index contributed by atoms with van der Waals surface area (Å²) >= 11 is 0. The Bertz CT molecular complexity index is 1920. The Labute approximate surface area is 295 Å². The monoisotopic (exact) mass is 691 g/mol. The third kappa shape index (κ3) is 6.97. The molecule has 0 amide bonds. The number of rotatable bonds is 13. The zero-order chi connectivity index (χ0) is 36.2. The van der Waals surface area contributed by atoms with Crippen LogP contribution in [0.4, 0.5) is 13.2 Å². The number of aliphatic hydroxyl groups excluding tert-OH is 2. The Balaban J connectivity index is 1.58. The van der Waals surface area contributed by atoms with E-state index in [2.05, 4.69) is 4.98 Å². The lowest BCUT2D eigenvalue weighted by molar-refractivity contribution is -0.103. The summed E-state index contributed by atoms with van der Waals surface area (Å²) in [5.41, 5.74) is -0.657. The number of hydrogen-bond donors (Lipinski definition) is 3. The number of benzene rings is 4. The van der Waals surface area contributed by atoms with Crippen LogP contribution < -0.4 is 0 Å². The predicted molar refractivity (Wildman–Crippen MR) is 191 cm³/mol. The molecule has 2 heterocycles. The molecule has 0 aliphatic rings. The highest BCUT2D eigenvalue weighted by atomic mass is 19.3. The van der Waals surface area contributed by atoms with Crippen molar-refractivity contribution in [2.24, 2.45) is 5.41 Å². The van der Waals surface area contributed by atoms with Gasteiger partial charge in [-0.3, -0.25) is 4.98 Å². The van der Waals surface area contributed by atoms with Gasteiger partial charge in [-0.1, -0.05) is 129 Å². The molecule has 0 bridgehead atoms. The van der Waals surface area contributed by atoms with Crippen molar-refractivity contribution in [3.8, 4) is 11.3 Å². The molecule has 6 aromatic rings. The van der Waals surface area contributed by atoms with E-state index < -0.39 is 47.9 Å². The molecular formula is C42H40F3N3O3. The molecule has 262 valence electrons. The van der Waals surface area contributed by atoms with E-state index in [1.807, 2.05) is 102 Å². The molecule has 4 aromatic carbocycles. The maximum Gasteiger partial charge on any atom is 0.271 e. The van der Waals surface area contributed by atoms with Gasteiger partial charge in [0.25, 0.3) is 6.43 Å². The third-order valence-corrected chi connectivity index (χ3v) is 9.67. The lowest BCUT2D eigenvalue weighted by atomic mass is 9.76. The van der Waals surface area contributed by atoms with Crippen molar-refractivity contribution < 1.29 is 28.5 Å². The summed E-state index contributed by atoms with van der Waals surface area (Å²) in [4.78, 5) is 9.04. The number of nitrogens with zero attached hydrogens (tertiary/aromatic N) is 3. The van der Waals surface area contributed by atoms with E-state index in [9.17, 15) is 19.7 Å². The molecule has 0 radical (unpaired) electrons.